The molecule has 0 saturated heterocycles. The van der Waals surface area contributed by atoms with Crippen molar-refractivity contribution < 1.29 is 32.2 Å². The van der Waals surface area contributed by atoms with Crippen LogP contribution in [0.1, 0.15) is 17.3 Å². The van der Waals surface area contributed by atoms with E-state index in [1.165, 1.54) is 44.6 Å². The Morgan fingerprint density at radius 2 is 1.81 bits per heavy atom. The molecule has 0 atom stereocenters. The van der Waals surface area contributed by atoms with Crippen molar-refractivity contribution in [3.8, 4) is 11.5 Å². The third kappa shape index (κ3) is 6.25. The summed E-state index contributed by atoms with van der Waals surface area (Å²) in [6.07, 6.45) is 0.973. The van der Waals surface area contributed by atoms with Gasteiger partial charge in [-0.2, -0.15) is 0 Å². The molecule has 0 saturated carbocycles. The van der Waals surface area contributed by atoms with Crippen LogP contribution in [0.2, 0.25) is 5.02 Å². The highest BCUT2D eigenvalue weighted by Crippen LogP contribution is 2.33. The van der Waals surface area contributed by atoms with Crippen molar-refractivity contribution in [2.24, 2.45) is 0 Å². The zero-order valence-electron chi connectivity index (χ0n) is 17.5. The molecule has 0 aromatic heterocycles. The lowest BCUT2D eigenvalue weighted by Gasteiger charge is -2.24. The van der Waals surface area contributed by atoms with Gasteiger partial charge in [-0.3, -0.25) is 9.10 Å². The molecule has 1 N–H and O–H groups in total. The number of anilines is 2. The van der Waals surface area contributed by atoms with Gasteiger partial charge < -0.3 is 19.5 Å². The molecule has 168 valence electrons. The Morgan fingerprint density at radius 1 is 1.10 bits per heavy atom. The number of ether oxygens (including phenoxy) is 3. The van der Waals surface area contributed by atoms with Gasteiger partial charge in [-0.05, 0) is 37.3 Å². The zero-order valence-corrected chi connectivity index (χ0v) is 19.0. The molecule has 0 spiro atoms. The monoisotopic (exact) mass is 470 g/mol. The van der Waals surface area contributed by atoms with Crippen LogP contribution in [0.5, 0.6) is 11.5 Å². The number of carbonyl (C=O) groups excluding carboxylic acids is 2. The molecule has 0 aliphatic carbocycles. The molecule has 31 heavy (non-hydrogen) atoms. The third-order valence-electron chi connectivity index (χ3n) is 4.09. The van der Waals surface area contributed by atoms with Crippen molar-refractivity contribution in [1.29, 1.82) is 0 Å². The van der Waals surface area contributed by atoms with Crippen LogP contribution in [0.15, 0.2) is 36.4 Å². The molecule has 11 heteroatoms. The summed E-state index contributed by atoms with van der Waals surface area (Å²) in [7, 11) is -1.04. The Bertz CT molecular complexity index is 1070. The number of sulfonamides is 1. The Balaban J connectivity index is 2.32. The van der Waals surface area contributed by atoms with E-state index in [2.05, 4.69) is 5.32 Å². The molecule has 0 radical (unpaired) electrons. The second kappa shape index (κ2) is 10.4. The number of rotatable bonds is 9. The minimum atomic E-state index is -3.86. The maximum Gasteiger partial charge on any atom is 0.339 e. The molecule has 0 aliphatic rings. The molecule has 2 aromatic carbocycles. The Labute approximate surface area is 185 Å². The zero-order chi connectivity index (χ0) is 23.2. The maximum absolute atomic E-state index is 12.7. The normalized spacial score (nSPS) is 10.9. The number of nitrogens with one attached hydrogen (secondary N) is 1. The van der Waals surface area contributed by atoms with Crippen LogP contribution in [0.25, 0.3) is 0 Å². The lowest BCUT2D eigenvalue weighted by Crippen LogP contribution is -2.37. The number of halogens is 1. The molecule has 2 rings (SSSR count). The highest BCUT2D eigenvalue weighted by molar-refractivity contribution is 7.92. The number of hydrogen-bond acceptors (Lipinski definition) is 7. The third-order valence-corrected chi connectivity index (χ3v) is 5.54. The lowest BCUT2D eigenvalue weighted by molar-refractivity contribution is -0.114. The number of esters is 1. The molecule has 2 aromatic rings. The average Bonchev–Trinajstić information content (AvgIpc) is 2.72. The number of methoxy groups -OCH3 is 2. The van der Waals surface area contributed by atoms with E-state index >= 15 is 0 Å². The summed E-state index contributed by atoms with van der Waals surface area (Å²) in [5.41, 5.74) is 0.474. The van der Waals surface area contributed by atoms with Gasteiger partial charge in [-0.25, -0.2) is 13.2 Å². The van der Waals surface area contributed by atoms with Gasteiger partial charge in [0.1, 0.15) is 18.0 Å². The summed E-state index contributed by atoms with van der Waals surface area (Å²) in [5.74, 6) is -0.647. The first-order valence-electron chi connectivity index (χ1n) is 9.07. The molecular weight excluding hydrogens is 448 g/mol. The van der Waals surface area contributed by atoms with E-state index in [9.17, 15) is 18.0 Å². The molecule has 9 nitrogen and oxygen atoms in total. The van der Waals surface area contributed by atoms with Crippen LogP contribution in [-0.2, 0) is 19.6 Å². The predicted octanol–water partition coefficient (Wildman–Crippen LogP) is 2.94. The van der Waals surface area contributed by atoms with Crippen LogP contribution in [0, 0.1) is 0 Å². The van der Waals surface area contributed by atoms with E-state index < -0.39 is 28.4 Å². The first-order valence-corrected chi connectivity index (χ1v) is 11.3. The van der Waals surface area contributed by atoms with Crippen molar-refractivity contribution >= 4 is 44.9 Å². The van der Waals surface area contributed by atoms with Crippen molar-refractivity contribution in [2.45, 2.75) is 6.92 Å². The number of hydrogen-bond donors (Lipinski definition) is 1. The van der Waals surface area contributed by atoms with Crippen LogP contribution in [0.4, 0.5) is 11.4 Å². The maximum atomic E-state index is 12.7. The summed E-state index contributed by atoms with van der Waals surface area (Å²) in [6.45, 7) is 1.28. The molecular formula is C20H23ClN2O7S. The standard InChI is InChI=1S/C20H23ClN2O7S/c1-5-30-20(25)15-10-13(6-8-16(15)21)22-19(24)12-23(31(4,26)27)17-11-14(28-2)7-9-18(17)29-3/h6-11H,5,12H2,1-4H3,(H,22,24). The Hall–Kier alpha value is -2.98. The summed E-state index contributed by atoms with van der Waals surface area (Å²) in [5, 5.41) is 2.72. The molecule has 1 amide bonds. The topological polar surface area (TPSA) is 111 Å². The molecule has 0 unspecified atom stereocenters. The van der Waals surface area contributed by atoms with E-state index in [1.54, 1.807) is 13.0 Å². The fraction of sp³-hybridized carbons (Fsp3) is 0.300. The van der Waals surface area contributed by atoms with Gasteiger partial charge in [0.15, 0.2) is 0 Å². The number of nitrogens with zero attached hydrogens (tertiary/aromatic N) is 1. The van der Waals surface area contributed by atoms with E-state index in [1.807, 2.05) is 0 Å². The summed E-state index contributed by atoms with van der Waals surface area (Å²) < 4.78 is 41.1. The smallest absolute Gasteiger partial charge is 0.339 e. The molecule has 0 fully saturated rings. The minimum absolute atomic E-state index is 0.0794. The summed E-state index contributed by atoms with van der Waals surface area (Å²) in [6, 6.07) is 8.87. The average molecular weight is 471 g/mol. The highest BCUT2D eigenvalue weighted by atomic mass is 35.5. The van der Waals surface area contributed by atoms with Crippen LogP contribution >= 0.6 is 11.6 Å². The first-order chi connectivity index (χ1) is 14.6. The number of carbonyl (C=O) groups is 2. The highest BCUT2D eigenvalue weighted by Gasteiger charge is 2.25. The van der Waals surface area contributed by atoms with E-state index in [4.69, 9.17) is 25.8 Å². The van der Waals surface area contributed by atoms with Crippen molar-refractivity contribution in [3.05, 3.63) is 47.0 Å². The fourth-order valence-electron chi connectivity index (χ4n) is 2.67. The molecule has 0 heterocycles. The van der Waals surface area contributed by atoms with Gasteiger partial charge in [0, 0.05) is 11.8 Å². The molecule has 0 aliphatic heterocycles. The van der Waals surface area contributed by atoms with Gasteiger partial charge in [0.25, 0.3) is 0 Å². The van der Waals surface area contributed by atoms with E-state index in [0.29, 0.717) is 5.75 Å². The SMILES string of the molecule is CCOC(=O)c1cc(NC(=O)CN(c2cc(OC)ccc2OC)S(C)(=O)=O)ccc1Cl. The molecule has 0 bridgehead atoms. The quantitative estimate of drug-likeness (QED) is 0.561. The fourth-order valence-corrected chi connectivity index (χ4v) is 3.72. The second-order valence-electron chi connectivity index (χ2n) is 6.27. The predicted molar refractivity (Wildman–Crippen MR) is 118 cm³/mol. The largest absolute Gasteiger partial charge is 0.497 e. The van der Waals surface area contributed by atoms with Crippen LogP contribution < -0.4 is 19.1 Å². The van der Waals surface area contributed by atoms with Gasteiger partial charge in [-0.15, -0.1) is 0 Å². The Kier molecular flexibility index (Phi) is 8.12. The van der Waals surface area contributed by atoms with Crippen LogP contribution in [-0.4, -0.2) is 53.9 Å². The van der Waals surface area contributed by atoms with Gasteiger partial charge >= 0.3 is 5.97 Å². The van der Waals surface area contributed by atoms with Gasteiger partial charge in [0.05, 0.1) is 43.4 Å². The van der Waals surface area contributed by atoms with Gasteiger partial charge in [-0.1, -0.05) is 11.6 Å². The second-order valence-corrected chi connectivity index (χ2v) is 8.58. The van der Waals surface area contributed by atoms with Crippen LogP contribution in [0.3, 0.4) is 0 Å². The van der Waals surface area contributed by atoms with Crippen molar-refractivity contribution in [1.82, 2.24) is 0 Å². The summed E-state index contributed by atoms with van der Waals surface area (Å²) >= 11 is 6.02. The van der Waals surface area contributed by atoms with Crippen molar-refractivity contribution in [3.63, 3.8) is 0 Å². The number of amides is 1. The first kappa shape index (κ1) is 24.3. The van der Waals surface area contributed by atoms with E-state index in [0.717, 1.165) is 10.6 Å². The van der Waals surface area contributed by atoms with Gasteiger partial charge in [0.2, 0.25) is 15.9 Å². The van der Waals surface area contributed by atoms with Crippen molar-refractivity contribution in [2.75, 3.05) is 43.2 Å². The Morgan fingerprint density at radius 3 is 2.39 bits per heavy atom. The number of benzene rings is 2. The summed E-state index contributed by atoms with van der Waals surface area (Å²) in [4.78, 5) is 24.6. The minimum Gasteiger partial charge on any atom is -0.497 e. The lowest BCUT2D eigenvalue weighted by atomic mass is 10.2. The van der Waals surface area contributed by atoms with E-state index in [-0.39, 0.29) is 34.3 Å².